The van der Waals surface area contributed by atoms with E-state index in [-0.39, 0.29) is 0 Å². The Balaban J connectivity index is 1.71. The number of aliphatic hydroxyl groups excluding tert-OH is 12. The summed E-state index contributed by atoms with van der Waals surface area (Å²) in [5.74, 6) is -0.759. The monoisotopic (exact) mass is 691 g/mol. The summed E-state index contributed by atoms with van der Waals surface area (Å²) in [6, 6.07) is -1.60. The van der Waals surface area contributed by atoms with Gasteiger partial charge >= 0.3 is 0 Å². The Morgan fingerprint density at radius 2 is 1.02 bits per heavy atom. The van der Waals surface area contributed by atoms with E-state index < -0.39 is 148 Å². The van der Waals surface area contributed by atoms with Crippen molar-refractivity contribution in [1.29, 1.82) is 0 Å². The summed E-state index contributed by atoms with van der Waals surface area (Å²) in [4.78, 5) is 12.5. The number of carbonyl (C=O) groups excluding carboxylic acids is 1. The van der Waals surface area contributed by atoms with Crippen molar-refractivity contribution in [2.75, 3.05) is 19.8 Å². The molecule has 4 aliphatic heterocycles. The summed E-state index contributed by atoms with van der Waals surface area (Å²) < 4.78 is 39.6. The Bertz CT molecular complexity index is 1010. The second kappa shape index (κ2) is 16.2. The molecule has 0 aromatic rings. The molecule has 1 amide bonds. The zero-order valence-electron chi connectivity index (χ0n) is 25.3. The van der Waals surface area contributed by atoms with Crippen LogP contribution in [0, 0.1) is 0 Å². The molecule has 20 atom stereocenters. The van der Waals surface area contributed by atoms with Gasteiger partial charge in [0, 0.05) is 6.92 Å². The largest absolute Gasteiger partial charge is 0.394 e. The summed E-state index contributed by atoms with van der Waals surface area (Å²) >= 11 is 0. The second-order valence-electron chi connectivity index (χ2n) is 11.9. The lowest BCUT2D eigenvalue weighted by molar-refractivity contribution is -0.387. The highest BCUT2D eigenvalue weighted by atomic mass is 16.8. The Kier molecular flexibility index (Phi) is 13.2. The van der Waals surface area contributed by atoms with E-state index in [1.165, 1.54) is 6.92 Å². The fourth-order valence-corrected chi connectivity index (χ4v) is 5.87. The molecule has 4 heterocycles. The number of amides is 1. The third kappa shape index (κ3) is 8.04. The van der Waals surface area contributed by atoms with Gasteiger partial charge in [0.15, 0.2) is 25.2 Å². The summed E-state index contributed by atoms with van der Waals surface area (Å²) in [6.45, 7) is -0.110. The second-order valence-corrected chi connectivity index (χ2v) is 11.9. The molecule has 47 heavy (non-hydrogen) atoms. The zero-order chi connectivity index (χ0) is 34.9. The van der Waals surface area contributed by atoms with Crippen LogP contribution in [0.5, 0.6) is 0 Å². The first kappa shape index (κ1) is 38.5. The maximum atomic E-state index is 12.5. The molecule has 21 heteroatoms. The van der Waals surface area contributed by atoms with Gasteiger partial charge in [-0.05, 0) is 6.92 Å². The topological polar surface area (TPSA) is 336 Å². The molecule has 0 aliphatic carbocycles. The minimum Gasteiger partial charge on any atom is -0.394 e. The quantitative estimate of drug-likeness (QED) is 0.101. The average Bonchev–Trinajstić information content (AvgIpc) is 3.04. The normalized spacial score (nSPS) is 51.0. The number of carbonyl (C=O) groups is 1. The fourth-order valence-electron chi connectivity index (χ4n) is 5.87. The van der Waals surface area contributed by atoms with E-state index in [9.17, 15) is 66.1 Å². The first-order valence-electron chi connectivity index (χ1n) is 15.0. The van der Waals surface area contributed by atoms with Gasteiger partial charge in [-0.1, -0.05) is 0 Å². The molecule has 274 valence electrons. The SMILES string of the molecule is CC(=O)N[C@H]1[C@H](O[C@H]2[C@@H](O)[C@H](O)[C@@H](CO)O[C@H]2O)O[C@H](CO)[C@@H](O[C@@H]2O[C@H](CO)[C@H](O)[C@H](O)[C@H]2O)[C@@H]1O[C@@H]1O[C@H](C)[C@H](O)[C@H](O)[C@H]1O. The molecule has 0 bridgehead atoms. The van der Waals surface area contributed by atoms with Crippen LogP contribution in [0.25, 0.3) is 0 Å². The van der Waals surface area contributed by atoms with Crippen molar-refractivity contribution in [3.8, 4) is 0 Å². The Morgan fingerprint density at radius 1 is 0.553 bits per heavy atom. The van der Waals surface area contributed by atoms with Gasteiger partial charge in [-0.15, -0.1) is 0 Å². The minimum atomic E-state index is -1.97. The van der Waals surface area contributed by atoms with Crippen molar-refractivity contribution in [2.24, 2.45) is 0 Å². The van der Waals surface area contributed by atoms with Crippen LogP contribution in [0.1, 0.15) is 13.8 Å². The molecule has 0 saturated carbocycles. The molecule has 4 fully saturated rings. The van der Waals surface area contributed by atoms with Crippen LogP contribution in [-0.4, -0.2) is 210 Å². The maximum Gasteiger partial charge on any atom is 0.217 e. The summed E-state index contributed by atoms with van der Waals surface area (Å²) in [7, 11) is 0. The van der Waals surface area contributed by atoms with Gasteiger partial charge < -0.3 is 99.8 Å². The van der Waals surface area contributed by atoms with E-state index in [1.807, 2.05) is 0 Å². The molecule has 4 aliphatic rings. The number of ether oxygens (including phenoxy) is 7. The molecular weight excluding hydrogens is 646 g/mol. The molecule has 0 unspecified atom stereocenters. The van der Waals surface area contributed by atoms with E-state index in [2.05, 4.69) is 5.32 Å². The van der Waals surface area contributed by atoms with Gasteiger partial charge in [-0.25, -0.2) is 0 Å². The summed E-state index contributed by atoms with van der Waals surface area (Å²) in [5, 5.41) is 126. The Hall–Kier alpha value is -1.29. The summed E-state index contributed by atoms with van der Waals surface area (Å²) in [6.07, 6.45) is -32.6. The van der Waals surface area contributed by atoms with E-state index in [4.69, 9.17) is 33.2 Å². The van der Waals surface area contributed by atoms with Gasteiger partial charge in [-0.3, -0.25) is 4.79 Å². The standard InChI is InChI=1S/C26H45NO20/c1-6-12(32)15(35)18(38)25(41-6)46-21-11(27-7(2)31)24(47-22-17(37)14(34)8(3-28)42-23(22)40)44-10(5-30)20(21)45-26-19(39)16(36)13(33)9(4-29)43-26/h6,8-26,28-30,32-40H,3-5H2,1-2H3,(H,27,31)/t6-,8-,9-,10-,11-,12+,13+,14-,15+,16+,17+,18-,19-,20-,21-,22+,23-,24+,25+,26+/m1/s1. The lowest BCUT2D eigenvalue weighted by atomic mass is 9.94. The van der Waals surface area contributed by atoms with Crippen molar-refractivity contribution in [3.05, 3.63) is 0 Å². The highest BCUT2D eigenvalue weighted by Crippen LogP contribution is 2.35. The van der Waals surface area contributed by atoms with Crippen LogP contribution >= 0.6 is 0 Å². The van der Waals surface area contributed by atoms with E-state index in [0.717, 1.165) is 6.92 Å². The van der Waals surface area contributed by atoms with Gasteiger partial charge in [0.25, 0.3) is 0 Å². The molecule has 21 nitrogen and oxygen atoms in total. The van der Waals surface area contributed by atoms with Gasteiger partial charge in [-0.2, -0.15) is 0 Å². The number of hydrogen-bond acceptors (Lipinski definition) is 20. The molecule has 0 aromatic carbocycles. The van der Waals surface area contributed by atoms with Gasteiger partial charge in [0.1, 0.15) is 91.5 Å². The molecule has 4 rings (SSSR count). The number of rotatable bonds is 10. The molecule has 0 radical (unpaired) electrons. The first-order chi connectivity index (χ1) is 22.1. The third-order valence-electron chi connectivity index (χ3n) is 8.57. The van der Waals surface area contributed by atoms with Crippen LogP contribution in [0.4, 0.5) is 0 Å². The zero-order valence-corrected chi connectivity index (χ0v) is 25.3. The van der Waals surface area contributed by atoms with Crippen LogP contribution in [-0.2, 0) is 38.0 Å². The van der Waals surface area contributed by atoms with Gasteiger partial charge in [0.05, 0.1) is 25.9 Å². The van der Waals surface area contributed by atoms with Crippen molar-refractivity contribution in [2.45, 2.75) is 137 Å². The highest BCUT2D eigenvalue weighted by molar-refractivity contribution is 5.73. The Labute approximate surface area is 267 Å². The van der Waals surface area contributed by atoms with Gasteiger partial charge in [0.2, 0.25) is 5.91 Å². The van der Waals surface area contributed by atoms with Crippen LogP contribution < -0.4 is 5.32 Å². The van der Waals surface area contributed by atoms with Crippen LogP contribution in [0.3, 0.4) is 0 Å². The minimum absolute atomic E-state index is 0.759. The fraction of sp³-hybridized carbons (Fsp3) is 0.962. The van der Waals surface area contributed by atoms with E-state index >= 15 is 0 Å². The lowest BCUT2D eigenvalue weighted by Crippen LogP contribution is -2.71. The average molecular weight is 692 g/mol. The smallest absolute Gasteiger partial charge is 0.217 e. The number of aliphatic hydroxyl groups is 12. The molecule has 13 N–H and O–H groups in total. The van der Waals surface area contributed by atoms with Crippen molar-refractivity contribution in [3.63, 3.8) is 0 Å². The Morgan fingerprint density at radius 3 is 1.60 bits per heavy atom. The number of hydrogen-bond donors (Lipinski definition) is 13. The number of nitrogens with one attached hydrogen (secondary N) is 1. The molecule has 4 saturated heterocycles. The predicted molar refractivity (Wildman–Crippen MR) is 144 cm³/mol. The lowest BCUT2D eigenvalue weighted by Gasteiger charge is -2.51. The maximum absolute atomic E-state index is 12.5. The third-order valence-corrected chi connectivity index (χ3v) is 8.57. The predicted octanol–water partition coefficient (Wildman–Crippen LogP) is -8.58. The van der Waals surface area contributed by atoms with Crippen LogP contribution in [0.15, 0.2) is 0 Å². The van der Waals surface area contributed by atoms with Crippen molar-refractivity contribution in [1.82, 2.24) is 5.32 Å². The van der Waals surface area contributed by atoms with Crippen LogP contribution in [0.2, 0.25) is 0 Å². The molecule has 0 aromatic heterocycles. The molecular formula is C26H45NO20. The van der Waals surface area contributed by atoms with E-state index in [0.29, 0.717) is 0 Å². The molecule has 0 spiro atoms. The van der Waals surface area contributed by atoms with Crippen molar-refractivity contribution < 1.29 is 99.2 Å². The first-order valence-corrected chi connectivity index (χ1v) is 15.0. The van der Waals surface area contributed by atoms with Crippen molar-refractivity contribution >= 4 is 5.91 Å². The van der Waals surface area contributed by atoms with E-state index in [1.54, 1.807) is 0 Å². The highest BCUT2D eigenvalue weighted by Gasteiger charge is 2.56. The summed E-state index contributed by atoms with van der Waals surface area (Å²) in [5.41, 5.74) is 0.